The predicted molar refractivity (Wildman–Crippen MR) is 47.2 cm³/mol. The molecule has 56 valence electrons. The molecule has 0 amide bonds. The van der Waals surface area contributed by atoms with Crippen LogP contribution in [0.3, 0.4) is 0 Å². The first-order valence-electron chi connectivity index (χ1n) is 3.68. The van der Waals surface area contributed by atoms with Crippen LogP contribution in [0.25, 0.3) is 0 Å². The van der Waals surface area contributed by atoms with Crippen molar-refractivity contribution in [1.82, 2.24) is 4.98 Å². The lowest BCUT2D eigenvalue weighted by atomic mass is 9.96. The normalized spacial score (nSPS) is 9.55. The highest BCUT2D eigenvalue weighted by molar-refractivity contribution is 6.32. The zero-order chi connectivity index (χ0) is 8.27. The van der Waals surface area contributed by atoms with E-state index in [0.29, 0.717) is 5.56 Å². The van der Waals surface area contributed by atoms with E-state index in [9.17, 15) is 4.79 Å². The molecule has 0 N–H and O–H groups in total. The Labute approximate surface area is 67.1 Å². The highest BCUT2D eigenvalue weighted by Crippen LogP contribution is 2.00. The fraction of sp³-hybridized carbons (Fsp3) is 0.250. The van der Waals surface area contributed by atoms with Gasteiger partial charge in [-0.15, -0.1) is 0 Å². The van der Waals surface area contributed by atoms with Crippen molar-refractivity contribution in [3.8, 4) is 0 Å². The van der Waals surface area contributed by atoms with E-state index >= 15 is 0 Å². The number of rotatable bonds is 2. The molecular formula is C8H10BNO. The minimum atomic E-state index is 0.715. The minimum Gasteiger partial charge on any atom is -0.298 e. The van der Waals surface area contributed by atoms with Gasteiger partial charge in [0.1, 0.15) is 7.85 Å². The average Bonchev–Trinajstić information content (AvgIpc) is 2.04. The molecule has 0 aliphatic heterocycles. The third-order valence-electron chi connectivity index (χ3n) is 1.60. The topological polar surface area (TPSA) is 30.0 Å². The van der Waals surface area contributed by atoms with Crippen LogP contribution in [-0.2, 0) is 6.42 Å². The van der Waals surface area contributed by atoms with Crippen molar-refractivity contribution in [3.05, 3.63) is 23.5 Å². The molecule has 0 bridgehead atoms. The summed E-state index contributed by atoms with van der Waals surface area (Å²) in [5.74, 6) is 0. The summed E-state index contributed by atoms with van der Waals surface area (Å²) >= 11 is 0. The second-order valence-electron chi connectivity index (χ2n) is 2.52. The molecular weight excluding hydrogens is 137 g/mol. The van der Waals surface area contributed by atoms with Crippen molar-refractivity contribution in [3.63, 3.8) is 0 Å². The Morgan fingerprint density at radius 1 is 1.73 bits per heavy atom. The Balaban J connectivity index is 3.16. The molecule has 0 aliphatic rings. The number of aldehydes is 1. The van der Waals surface area contributed by atoms with E-state index in [1.165, 1.54) is 0 Å². The fourth-order valence-electron chi connectivity index (χ4n) is 1.02. The Kier molecular flexibility index (Phi) is 2.42. The van der Waals surface area contributed by atoms with Crippen molar-refractivity contribution in [2.45, 2.75) is 13.3 Å². The zero-order valence-corrected chi connectivity index (χ0v) is 6.79. The summed E-state index contributed by atoms with van der Waals surface area (Å²) in [6.45, 7) is 1.99. The van der Waals surface area contributed by atoms with Crippen LogP contribution in [0.15, 0.2) is 12.3 Å². The maximum absolute atomic E-state index is 10.5. The van der Waals surface area contributed by atoms with Crippen molar-refractivity contribution >= 4 is 19.6 Å². The number of carbonyl (C=O) groups excluding carboxylic acids is 1. The molecule has 11 heavy (non-hydrogen) atoms. The van der Waals surface area contributed by atoms with Crippen LogP contribution in [0.2, 0.25) is 0 Å². The lowest BCUT2D eigenvalue weighted by Gasteiger charge is -2.00. The van der Waals surface area contributed by atoms with Crippen LogP contribution in [-0.4, -0.2) is 19.1 Å². The van der Waals surface area contributed by atoms with Gasteiger partial charge in [-0.25, -0.2) is 0 Å². The van der Waals surface area contributed by atoms with Gasteiger partial charge in [-0.3, -0.25) is 9.78 Å². The molecule has 1 rings (SSSR count). The van der Waals surface area contributed by atoms with Crippen LogP contribution in [0.5, 0.6) is 0 Å². The molecule has 0 spiro atoms. The largest absolute Gasteiger partial charge is 0.298 e. The molecule has 0 fully saturated rings. The second-order valence-corrected chi connectivity index (χ2v) is 2.52. The summed E-state index contributed by atoms with van der Waals surface area (Å²) in [6.07, 6.45) is 3.46. The first kappa shape index (κ1) is 7.99. The van der Waals surface area contributed by atoms with E-state index in [2.05, 4.69) is 4.98 Å². The summed E-state index contributed by atoms with van der Waals surface area (Å²) in [4.78, 5) is 14.6. The van der Waals surface area contributed by atoms with Gasteiger partial charge in [-0.05, 0) is 6.42 Å². The second kappa shape index (κ2) is 3.33. The molecule has 2 nitrogen and oxygen atoms in total. The molecule has 3 heteroatoms. The predicted octanol–water partition coefficient (Wildman–Crippen LogP) is -0.285. The molecule has 1 aromatic rings. The SMILES string of the molecule is Bc1cnc(CC)c(C=O)c1. The van der Waals surface area contributed by atoms with Gasteiger partial charge in [-0.1, -0.05) is 18.5 Å². The minimum absolute atomic E-state index is 0.715. The van der Waals surface area contributed by atoms with E-state index in [1.54, 1.807) is 6.20 Å². The van der Waals surface area contributed by atoms with Crippen molar-refractivity contribution in [2.24, 2.45) is 0 Å². The van der Waals surface area contributed by atoms with Crippen LogP contribution >= 0.6 is 0 Å². The van der Waals surface area contributed by atoms with Gasteiger partial charge in [0.05, 0.1) is 5.69 Å². The van der Waals surface area contributed by atoms with Crippen LogP contribution in [0.1, 0.15) is 23.0 Å². The van der Waals surface area contributed by atoms with Crippen molar-refractivity contribution in [1.29, 1.82) is 0 Å². The first-order chi connectivity index (χ1) is 5.27. The quantitative estimate of drug-likeness (QED) is 0.425. The van der Waals surface area contributed by atoms with Gasteiger partial charge < -0.3 is 0 Å². The van der Waals surface area contributed by atoms with Gasteiger partial charge in [-0.2, -0.15) is 0 Å². The Morgan fingerprint density at radius 2 is 2.45 bits per heavy atom. The third-order valence-corrected chi connectivity index (χ3v) is 1.60. The van der Waals surface area contributed by atoms with Crippen molar-refractivity contribution in [2.75, 3.05) is 0 Å². The number of hydrogen-bond donors (Lipinski definition) is 0. The molecule has 0 saturated heterocycles. The summed E-state index contributed by atoms with van der Waals surface area (Å²) in [6, 6.07) is 1.86. The van der Waals surface area contributed by atoms with Gasteiger partial charge in [0.2, 0.25) is 0 Å². The number of nitrogens with zero attached hydrogens (tertiary/aromatic N) is 1. The lowest BCUT2D eigenvalue weighted by molar-refractivity contribution is 0.112. The van der Waals surface area contributed by atoms with Gasteiger partial charge in [0, 0.05) is 11.8 Å². The summed E-state index contributed by atoms with van der Waals surface area (Å²) < 4.78 is 0. The van der Waals surface area contributed by atoms with Crippen molar-refractivity contribution < 1.29 is 4.79 Å². The first-order valence-corrected chi connectivity index (χ1v) is 3.68. The van der Waals surface area contributed by atoms with Crippen LogP contribution in [0, 0.1) is 0 Å². The van der Waals surface area contributed by atoms with E-state index < -0.39 is 0 Å². The molecule has 0 radical (unpaired) electrons. The Morgan fingerprint density at radius 3 is 3.00 bits per heavy atom. The maximum Gasteiger partial charge on any atom is 0.151 e. The smallest absolute Gasteiger partial charge is 0.151 e. The standard InChI is InChI=1S/C8H10BNO/c1-2-8-6(5-11)3-7(9)4-10-8/h3-5H,2,9H2,1H3. The molecule has 0 atom stereocenters. The summed E-state index contributed by atoms with van der Waals surface area (Å²) in [5.41, 5.74) is 2.63. The number of aryl methyl sites for hydroxylation is 1. The average molecular weight is 147 g/mol. The van der Waals surface area contributed by atoms with E-state index in [4.69, 9.17) is 0 Å². The molecule has 0 unspecified atom stereocenters. The van der Waals surface area contributed by atoms with E-state index in [1.807, 2.05) is 20.8 Å². The van der Waals surface area contributed by atoms with Gasteiger partial charge in [0.15, 0.2) is 6.29 Å². The highest BCUT2D eigenvalue weighted by atomic mass is 16.1. The monoisotopic (exact) mass is 147 g/mol. The molecule has 0 saturated carbocycles. The van der Waals surface area contributed by atoms with Gasteiger partial charge in [0.25, 0.3) is 0 Å². The molecule has 0 aliphatic carbocycles. The summed E-state index contributed by atoms with van der Waals surface area (Å²) in [7, 11) is 1.93. The highest BCUT2D eigenvalue weighted by Gasteiger charge is 1.99. The maximum atomic E-state index is 10.5. The van der Waals surface area contributed by atoms with Crippen LogP contribution < -0.4 is 5.46 Å². The Hall–Kier alpha value is -1.12. The van der Waals surface area contributed by atoms with E-state index in [-0.39, 0.29) is 0 Å². The number of pyridine rings is 1. The number of hydrogen-bond acceptors (Lipinski definition) is 2. The third kappa shape index (κ3) is 1.67. The van der Waals surface area contributed by atoms with Gasteiger partial charge >= 0.3 is 0 Å². The van der Waals surface area contributed by atoms with E-state index in [0.717, 1.165) is 23.9 Å². The number of carbonyl (C=O) groups is 1. The molecule has 1 heterocycles. The molecule has 1 aromatic heterocycles. The number of aromatic nitrogens is 1. The fourth-order valence-corrected chi connectivity index (χ4v) is 1.02. The lowest BCUT2D eigenvalue weighted by Crippen LogP contribution is -2.08. The molecule has 0 aromatic carbocycles. The van der Waals surface area contributed by atoms with Crippen LogP contribution in [0.4, 0.5) is 0 Å². The Bertz CT molecular complexity index is 273. The summed E-state index contributed by atoms with van der Waals surface area (Å²) in [5, 5.41) is 0. The zero-order valence-electron chi connectivity index (χ0n) is 6.79.